The highest BCUT2D eigenvalue weighted by Gasteiger charge is 2.02. The second-order valence-corrected chi connectivity index (χ2v) is 4.27. The van der Waals surface area contributed by atoms with Crippen molar-refractivity contribution in [2.45, 2.75) is 26.9 Å². The quantitative estimate of drug-likeness (QED) is 0.849. The summed E-state index contributed by atoms with van der Waals surface area (Å²) in [7, 11) is 0. The van der Waals surface area contributed by atoms with E-state index in [2.05, 4.69) is 22.3 Å². The lowest BCUT2D eigenvalue weighted by molar-refractivity contribution is 0.659. The Morgan fingerprint density at radius 1 is 1.41 bits per heavy atom. The van der Waals surface area contributed by atoms with Crippen molar-refractivity contribution >= 4 is 17.3 Å². The van der Waals surface area contributed by atoms with Gasteiger partial charge in [-0.15, -0.1) is 0 Å². The lowest BCUT2D eigenvalue weighted by Gasteiger charge is -2.07. The summed E-state index contributed by atoms with van der Waals surface area (Å²) in [5, 5.41) is 7.97. The molecule has 1 N–H and O–H groups in total. The molecule has 0 bridgehead atoms. The van der Waals surface area contributed by atoms with Crippen LogP contribution in [0, 0.1) is 6.92 Å². The second kappa shape index (κ2) is 5.19. The first-order valence-corrected chi connectivity index (χ1v) is 5.94. The number of halogens is 1. The Bertz CT molecular complexity index is 507. The molecule has 90 valence electrons. The molecule has 2 rings (SSSR count). The summed E-state index contributed by atoms with van der Waals surface area (Å²) in [6.45, 7) is 5.63. The van der Waals surface area contributed by atoms with Gasteiger partial charge in [-0.05, 0) is 25.5 Å². The van der Waals surface area contributed by atoms with Crippen molar-refractivity contribution in [2.24, 2.45) is 0 Å². The van der Waals surface area contributed by atoms with Gasteiger partial charge in [0.15, 0.2) is 5.15 Å². The fraction of sp³-hybridized carbons (Fsp3) is 0.333. The number of hydrogen-bond donors (Lipinski definition) is 1. The van der Waals surface area contributed by atoms with Gasteiger partial charge in [0.2, 0.25) is 0 Å². The van der Waals surface area contributed by atoms with Crippen molar-refractivity contribution in [1.82, 2.24) is 14.8 Å². The summed E-state index contributed by atoms with van der Waals surface area (Å²) in [4.78, 5) is 4.09. The Balaban J connectivity index is 2.04. The van der Waals surface area contributed by atoms with E-state index in [0.717, 1.165) is 23.4 Å². The first-order valence-electron chi connectivity index (χ1n) is 5.56. The molecule has 0 amide bonds. The fourth-order valence-electron chi connectivity index (χ4n) is 1.54. The molecule has 0 radical (unpaired) electrons. The lowest BCUT2D eigenvalue weighted by atomic mass is 10.3. The minimum Gasteiger partial charge on any atom is -0.378 e. The second-order valence-electron chi connectivity index (χ2n) is 3.91. The molecule has 0 spiro atoms. The monoisotopic (exact) mass is 250 g/mol. The SMILES string of the molecule is CCn1cc(CNc2cc(C)cnc2Cl)cn1. The molecule has 0 atom stereocenters. The lowest BCUT2D eigenvalue weighted by Crippen LogP contribution is -2.00. The number of nitrogens with zero attached hydrogens (tertiary/aromatic N) is 3. The topological polar surface area (TPSA) is 42.7 Å². The standard InChI is InChI=1S/C12H15ClN4/c1-3-17-8-10(7-16-17)6-14-11-4-9(2)5-15-12(11)13/h4-5,7-8,14H,3,6H2,1-2H3. The smallest absolute Gasteiger partial charge is 0.152 e. The number of nitrogens with one attached hydrogen (secondary N) is 1. The summed E-state index contributed by atoms with van der Waals surface area (Å²) in [5.41, 5.74) is 3.07. The van der Waals surface area contributed by atoms with Crippen LogP contribution in [0.5, 0.6) is 0 Å². The van der Waals surface area contributed by atoms with Crippen LogP contribution < -0.4 is 5.32 Å². The van der Waals surface area contributed by atoms with Crippen molar-refractivity contribution in [3.05, 3.63) is 40.9 Å². The van der Waals surface area contributed by atoms with Gasteiger partial charge in [-0.1, -0.05) is 11.6 Å². The minimum atomic E-state index is 0.499. The van der Waals surface area contributed by atoms with Gasteiger partial charge < -0.3 is 5.32 Å². The molecule has 5 heteroatoms. The van der Waals surface area contributed by atoms with Crippen LogP contribution in [0.15, 0.2) is 24.7 Å². The minimum absolute atomic E-state index is 0.499. The molecule has 0 aliphatic carbocycles. The van der Waals surface area contributed by atoms with Gasteiger partial charge in [0.05, 0.1) is 11.9 Å². The van der Waals surface area contributed by atoms with Crippen LogP contribution in [0.3, 0.4) is 0 Å². The summed E-state index contributed by atoms with van der Waals surface area (Å²) >= 11 is 6.00. The van der Waals surface area contributed by atoms with E-state index in [9.17, 15) is 0 Å². The van der Waals surface area contributed by atoms with Gasteiger partial charge in [0.1, 0.15) is 0 Å². The van der Waals surface area contributed by atoms with Crippen LogP contribution in [0.1, 0.15) is 18.1 Å². The van der Waals surface area contributed by atoms with E-state index in [0.29, 0.717) is 11.7 Å². The third-order valence-electron chi connectivity index (χ3n) is 2.47. The van der Waals surface area contributed by atoms with Crippen molar-refractivity contribution in [2.75, 3.05) is 5.32 Å². The normalized spacial score (nSPS) is 10.5. The molecule has 0 fully saturated rings. The molecular formula is C12H15ClN4. The molecule has 0 aliphatic rings. The van der Waals surface area contributed by atoms with Gasteiger partial charge in [0, 0.05) is 31.0 Å². The van der Waals surface area contributed by atoms with E-state index in [1.54, 1.807) is 6.20 Å². The number of aryl methyl sites for hydroxylation is 2. The maximum atomic E-state index is 6.00. The van der Waals surface area contributed by atoms with Crippen LogP contribution in [-0.2, 0) is 13.1 Å². The van der Waals surface area contributed by atoms with Crippen LogP contribution in [0.4, 0.5) is 5.69 Å². The zero-order chi connectivity index (χ0) is 12.3. The summed E-state index contributed by atoms with van der Waals surface area (Å²) in [6, 6.07) is 1.99. The third-order valence-corrected chi connectivity index (χ3v) is 2.77. The maximum Gasteiger partial charge on any atom is 0.152 e. The fourth-order valence-corrected chi connectivity index (χ4v) is 1.71. The molecule has 4 nitrogen and oxygen atoms in total. The molecule has 2 aromatic heterocycles. The summed E-state index contributed by atoms with van der Waals surface area (Å²) < 4.78 is 1.90. The van der Waals surface area contributed by atoms with Crippen molar-refractivity contribution in [1.29, 1.82) is 0 Å². The summed E-state index contributed by atoms with van der Waals surface area (Å²) in [5.74, 6) is 0. The predicted octanol–water partition coefficient (Wildman–Crippen LogP) is 2.87. The van der Waals surface area contributed by atoms with Gasteiger partial charge in [0.25, 0.3) is 0 Å². The molecule has 0 saturated heterocycles. The van der Waals surface area contributed by atoms with Crippen LogP contribution in [-0.4, -0.2) is 14.8 Å². The van der Waals surface area contributed by atoms with Crippen molar-refractivity contribution in [3.63, 3.8) is 0 Å². The van der Waals surface area contributed by atoms with E-state index in [1.807, 2.05) is 30.1 Å². The third kappa shape index (κ3) is 2.97. The molecule has 0 saturated carbocycles. The molecular weight excluding hydrogens is 236 g/mol. The Morgan fingerprint density at radius 3 is 2.94 bits per heavy atom. The maximum absolute atomic E-state index is 6.00. The average Bonchev–Trinajstić information content (AvgIpc) is 2.78. The largest absolute Gasteiger partial charge is 0.378 e. The first kappa shape index (κ1) is 11.9. The highest BCUT2D eigenvalue weighted by atomic mass is 35.5. The number of rotatable bonds is 4. The Kier molecular flexibility index (Phi) is 3.64. The highest BCUT2D eigenvalue weighted by Crippen LogP contribution is 2.20. The Hall–Kier alpha value is -1.55. The molecule has 0 aromatic carbocycles. The Labute approximate surface area is 106 Å². The van der Waals surface area contributed by atoms with E-state index < -0.39 is 0 Å². The molecule has 0 unspecified atom stereocenters. The first-order chi connectivity index (χ1) is 8.19. The molecule has 2 heterocycles. The molecule has 17 heavy (non-hydrogen) atoms. The number of pyridine rings is 1. The molecule has 0 aliphatic heterocycles. The van der Waals surface area contributed by atoms with Crippen molar-refractivity contribution in [3.8, 4) is 0 Å². The zero-order valence-corrected chi connectivity index (χ0v) is 10.7. The van der Waals surface area contributed by atoms with Crippen molar-refractivity contribution < 1.29 is 0 Å². The zero-order valence-electron chi connectivity index (χ0n) is 9.94. The predicted molar refractivity (Wildman–Crippen MR) is 69.2 cm³/mol. The van der Waals surface area contributed by atoms with Gasteiger partial charge in [-0.2, -0.15) is 5.10 Å². The van der Waals surface area contributed by atoms with Gasteiger partial charge in [-0.3, -0.25) is 4.68 Å². The highest BCUT2D eigenvalue weighted by molar-refractivity contribution is 6.31. The van der Waals surface area contributed by atoms with Crippen LogP contribution in [0.25, 0.3) is 0 Å². The van der Waals surface area contributed by atoms with Crippen LogP contribution >= 0.6 is 11.6 Å². The van der Waals surface area contributed by atoms with Gasteiger partial charge in [-0.25, -0.2) is 4.98 Å². The van der Waals surface area contributed by atoms with E-state index in [4.69, 9.17) is 11.6 Å². The summed E-state index contributed by atoms with van der Waals surface area (Å²) in [6.07, 6.45) is 5.63. The molecule has 2 aromatic rings. The van der Waals surface area contributed by atoms with E-state index in [1.165, 1.54) is 0 Å². The Morgan fingerprint density at radius 2 is 2.24 bits per heavy atom. The van der Waals surface area contributed by atoms with E-state index in [-0.39, 0.29) is 0 Å². The van der Waals surface area contributed by atoms with E-state index >= 15 is 0 Å². The number of aromatic nitrogens is 3. The average molecular weight is 251 g/mol. The number of anilines is 1. The van der Waals surface area contributed by atoms with Gasteiger partial charge >= 0.3 is 0 Å². The van der Waals surface area contributed by atoms with Crippen LogP contribution in [0.2, 0.25) is 5.15 Å². The number of hydrogen-bond acceptors (Lipinski definition) is 3.